The SMILES string of the molecule is O=C(c1cc2sccc2n1Cc1ccc(Cl)cc1)N1CCC(C(=O)N2CCCCCC2)CC1. The number of carbonyl (C=O) groups excluding carboxylic acids is 2. The normalized spacial score (nSPS) is 18.0. The summed E-state index contributed by atoms with van der Waals surface area (Å²) in [4.78, 5) is 30.6. The van der Waals surface area contributed by atoms with Gasteiger partial charge in [0.05, 0.1) is 10.2 Å². The molecule has 0 radical (unpaired) electrons. The summed E-state index contributed by atoms with van der Waals surface area (Å²) in [5, 5.41) is 2.78. The van der Waals surface area contributed by atoms with E-state index in [4.69, 9.17) is 11.6 Å². The van der Waals surface area contributed by atoms with Gasteiger partial charge in [0.15, 0.2) is 0 Å². The van der Waals surface area contributed by atoms with Crippen LogP contribution < -0.4 is 0 Å². The number of likely N-dealkylation sites (tertiary alicyclic amines) is 2. The van der Waals surface area contributed by atoms with Crippen LogP contribution in [0.5, 0.6) is 0 Å². The minimum Gasteiger partial charge on any atom is -0.342 e. The fraction of sp³-hybridized carbons (Fsp3) is 0.462. The quantitative estimate of drug-likeness (QED) is 0.480. The van der Waals surface area contributed by atoms with Crippen molar-refractivity contribution in [2.75, 3.05) is 26.2 Å². The second-order valence-corrected chi connectivity index (χ2v) is 10.6. The molecule has 174 valence electrons. The molecular formula is C26H30ClN3O2S. The Kier molecular flexibility index (Phi) is 6.74. The summed E-state index contributed by atoms with van der Waals surface area (Å²) in [5.74, 6) is 0.417. The van der Waals surface area contributed by atoms with Crippen LogP contribution in [0, 0.1) is 5.92 Å². The molecule has 5 nitrogen and oxygen atoms in total. The maximum atomic E-state index is 13.5. The molecule has 2 aliphatic rings. The largest absolute Gasteiger partial charge is 0.342 e. The first-order chi connectivity index (χ1) is 16.1. The highest BCUT2D eigenvalue weighted by Crippen LogP contribution is 2.29. The van der Waals surface area contributed by atoms with Gasteiger partial charge in [-0.15, -0.1) is 11.3 Å². The minimum absolute atomic E-state index is 0.0523. The molecule has 1 aromatic carbocycles. The van der Waals surface area contributed by atoms with Gasteiger partial charge in [-0.25, -0.2) is 0 Å². The zero-order chi connectivity index (χ0) is 22.8. The van der Waals surface area contributed by atoms with Gasteiger partial charge < -0.3 is 14.4 Å². The van der Waals surface area contributed by atoms with E-state index in [1.165, 1.54) is 12.8 Å². The lowest BCUT2D eigenvalue weighted by Gasteiger charge is -2.34. The van der Waals surface area contributed by atoms with Crippen molar-refractivity contribution in [3.8, 4) is 0 Å². The van der Waals surface area contributed by atoms with Gasteiger partial charge in [-0.2, -0.15) is 0 Å². The van der Waals surface area contributed by atoms with Crippen LogP contribution in [0.25, 0.3) is 10.2 Å². The molecule has 3 aromatic rings. The molecule has 2 aromatic heterocycles. The highest BCUT2D eigenvalue weighted by Gasteiger charge is 2.32. The van der Waals surface area contributed by atoms with E-state index in [0.29, 0.717) is 30.6 Å². The van der Waals surface area contributed by atoms with E-state index in [0.717, 1.165) is 60.2 Å². The standard InChI is InChI=1S/C26H30ClN3O2S/c27-21-7-5-19(6-8-21)18-30-22-11-16-33-24(22)17-23(30)26(32)29-14-9-20(10-15-29)25(31)28-12-3-1-2-4-13-28/h5-8,11,16-17,20H,1-4,9-10,12-15,18H2. The van der Waals surface area contributed by atoms with Gasteiger partial charge in [0, 0.05) is 43.7 Å². The molecule has 0 N–H and O–H groups in total. The zero-order valence-electron chi connectivity index (χ0n) is 18.8. The van der Waals surface area contributed by atoms with Gasteiger partial charge >= 0.3 is 0 Å². The van der Waals surface area contributed by atoms with Crippen molar-refractivity contribution in [2.45, 2.75) is 45.1 Å². The van der Waals surface area contributed by atoms with E-state index in [9.17, 15) is 9.59 Å². The van der Waals surface area contributed by atoms with E-state index in [2.05, 4.69) is 20.9 Å². The lowest BCUT2D eigenvalue weighted by Crippen LogP contribution is -2.45. The summed E-state index contributed by atoms with van der Waals surface area (Å²) < 4.78 is 3.24. The van der Waals surface area contributed by atoms with Gasteiger partial charge in [0.25, 0.3) is 5.91 Å². The predicted octanol–water partition coefficient (Wildman–Crippen LogP) is 5.66. The van der Waals surface area contributed by atoms with Crippen molar-refractivity contribution in [3.05, 3.63) is 58.1 Å². The molecule has 2 fully saturated rings. The van der Waals surface area contributed by atoms with Crippen LogP contribution in [0.15, 0.2) is 41.8 Å². The number of carbonyl (C=O) groups is 2. The number of rotatable bonds is 4. The highest BCUT2D eigenvalue weighted by atomic mass is 35.5. The van der Waals surface area contributed by atoms with Crippen molar-refractivity contribution in [1.82, 2.24) is 14.4 Å². The van der Waals surface area contributed by atoms with Crippen LogP contribution >= 0.6 is 22.9 Å². The molecule has 7 heteroatoms. The lowest BCUT2D eigenvalue weighted by atomic mass is 9.95. The second kappa shape index (κ2) is 9.90. The van der Waals surface area contributed by atoms with E-state index in [1.807, 2.05) is 35.2 Å². The van der Waals surface area contributed by atoms with Crippen molar-refractivity contribution in [2.24, 2.45) is 5.92 Å². The van der Waals surface area contributed by atoms with Crippen molar-refractivity contribution in [3.63, 3.8) is 0 Å². The van der Waals surface area contributed by atoms with Crippen LogP contribution in [0.1, 0.15) is 54.6 Å². The molecule has 4 heterocycles. The fourth-order valence-corrected chi connectivity index (χ4v) is 6.09. The Balaban J connectivity index is 1.29. The first-order valence-electron chi connectivity index (χ1n) is 12.0. The zero-order valence-corrected chi connectivity index (χ0v) is 20.4. The van der Waals surface area contributed by atoms with Crippen LogP contribution in [0.2, 0.25) is 5.02 Å². The van der Waals surface area contributed by atoms with Gasteiger partial charge in [0.1, 0.15) is 5.69 Å². The lowest BCUT2D eigenvalue weighted by molar-refractivity contribution is -0.136. The Morgan fingerprint density at radius 1 is 0.909 bits per heavy atom. The number of fused-ring (bicyclic) bond motifs is 1. The second-order valence-electron chi connectivity index (χ2n) is 9.22. The Bertz CT molecular complexity index is 1120. The predicted molar refractivity (Wildman–Crippen MR) is 134 cm³/mol. The maximum Gasteiger partial charge on any atom is 0.270 e. The van der Waals surface area contributed by atoms with Gasteiger partial charge in [0.2, 0.25) is 5.91 Å². The van der Waals surface area contributed by atoms with Gasteiger partial charge in [-0.1, -0.05) is 36.6 Å². The molecule has 0 spiro atoms. The van der Waals surface area contributed by atoms with Crippen molar-refractivity contribution >= 4 is 45.0 Å². The molecule has 0 bridgehead atoms. The summed E-state index contributed by atoms with van der Waals surface area (Å²) in [6.07, 6.45) is 6.20. The van der Waals surface area contributed by atoms with Gasteiger partial charge in [-0.05, 0) is 60.9 Å². The number of hydrogen-bond acceptors (Lipinski definition) is 3. The fourth-order valence-electron chi connectivity index (χ4n) is 5.14. The van der Waals surface area contributed by atoms with Crippen LogP contribution in [0.3, 0.4) is 0 Å². The number of benzene rings is 1. The average Bonchev–Trinajstić information content (AvgIpc) is 3.31. The Morgan fingerprint density at radius 2 is 1.61 bits per heavy atom. The highest BCUT2D eigenvalue weighted by molar-refractivity contribution is 7.17. The number of hydrogen-bond donors (Lipinski definition) is 0. The van der Waals surface area contributed by atoms with E-state index in [-0.39, 0.29) is 11.8 Å². The molecule has 2 aliphatic heterocycles. The van der Waals surface area contributed by atoms with E-state index < -0.39 is 0 Å². The molecule has 0 saturated carbocycles. The number of piperidine rings is 1. The first kappa shape index (κ1) is 22.5. The van der Waals surface area contributed by atoms with Crippen LogP contribution in [-0.4, -0.2) is 52.4 Å². The third-order valence-electron chi connectivity index (χ3n) is 7.04. The Labute approximate surface area is 203 Å². The van der Waals surface area contributed by atoms with Crippen molar-refractivity contribution < 1.29 is 9.59 Å². The van der Waals surface area contributed by atoms with E-state index in [1.54, 1.807) is 11.3 Å². The molecular weight excluding hydrogens is 454 g/mol. The molecule has 0 unspecified atom stereocenters. The smallest absolute Gasteiger partial charge is 0.270 e. The number of amides is 2. The maximum absolute atomic E-state index is 13.5. The molecule has 2 amide bonds. The Morgan fingerprint density at radius 3 is 2.30 bits per heavy atom. The molecule has 5 rings (SSSR count). The van der Waals surface area contributed by atoms with E-state index >= 15 is 0 Å². The first-order valence-corrected chi connectivity index (χ1v) is 13.2. The van der Waals surface area contributed by atoms with Crippen LogP contribution in [0.4, 0.5) is 0 Å². The summed E-state index contributed by atoms with van der Waals surface area (Å²) in [7, 11) is 0. The molecule has 0 atom stereocenters. The van der Waals surface area contributed by atoms with Crippen molar-refractivity contribution in [1.29, 1.82) is 0 Å². The Hall–Kier alpha value is -2.31. The summed E-state index contributed by atoms with van der Waals surface area (Å²) in [6, 6.07) is 11.9. The molecule has 0 aliphatic carbocycles. The monoisotopic (exact) mass is 483 g/mol. The summed E-state index contributed by atoms with van der Waals surface area (Å²) in [6.45, 7) is 3.70. The van der Waals surface area contributed by atoms with Gasteiger partial charge in [-0.3, -0.25) is 9.59 Å². The third kappa shape index (κ3) is 4.82. The number of thiophene rings is 1. The number of nitrogens with zero attached hydrogens (tertiary/aromatic N) is 3. The van der Waals surface area contributed by atoms with Crippen LogP contribution in [-0.2, 0) is 11.3 Å². The number of aromatic nitrogens is 1. The third-order valence-corrected chi connectivity index (χ3v) is 8.15. The molecule has 2 saturated heterocycles. The molecule has 33 heavy (non-hydrogen) atoms. The summed E-state index contributed by atoms with van der Waals surface area (Å²) >= 11 is 7.71. The average molecular weight is 484 g/mol. The minimum atomic E-state index is 0.0523. The number of halogens is 1. The summed E-state index contributed by atoms with van der Waals surface area (Å²) in [5.41, 5.74) is 2.92. The topological polar surface area (TPSA) is 45.6 Å².